The number of aromatic nitrogens is 4. The fourth-order valence-corrected chi connectivity index (χ4v) is 3.31. The molecule has 0 saturated heterocycles. The summed E-state index contributed by atoms with van der Waals surface area (Å²) in [5, 5.41) is 0.506. The van der Waals surface area contributed by atoms with Gasteiger partial charge in [0.2, 0.25) is 0 Å². The Morgan fingerprint density at radius 3 is 2.59 bits per heavy atom. The van der Waals surface area contributed by atoms with Crippen LogP contribution in [0.3, 0.4) is 0 Å². The van der Waals surface area contributed by atoms with E-state index in [1.54, 1.807) is 10.8 Å². The number of benzene rings is 1. The molecule has 0 atom stereocenters. The number of nitrogens with two attached hydrogens (primary N) is 1. The Morgan fingerprint density at radius 1 is 1.24 bits per heavy atom. The third-order valence-electron chi connectivity index (χ3n) is 4.86. The fraction of sp³-hybridized carbons (Fsp3) is 0.350. The van der Waals surface area contributed by atoms with Crippen LogP contribution in [0.1, 0.15) is 31.2 Å². The number of aromatic amines is 1. The van der Waals surface area contributed by atoms with E-state index in [0.717, 1.165) is 18.4 Å². The maximum absolute atomic E-state index is 12.7. The molecule has 154 valence electrons. The summed E-state index contributed by atoms with van der Waals surface area (Å²) < 4.78 is 3.14. The predicted octanol–water partition coefficient (Wildman–Crippen LogP) is 2.36. The number of H-pyrrole nitrogens is 1. The fourth-order valence-electron chi connectivity index (χ4n) is 3.17. The number of nitrogens with zero attached hydrogens (tertiary/aromatic N) is 4. The van der Waals surface area contributed by atoms with Crippen molar-refractivity contribution < 1.29 is 0 Å². The van der Waals surface area contributed by atoms with Crippen LogP contribution in [0.5, 0.6) is 0 Å². The number of nitrogens with one attached hydrogen (secondary N) is 1. The van der Waals surface area contributed by atoms with Crippen LogP contribution in [0.15, 0.2) is 46.1 Å². The number of halogens is 1. The highest BCUT2D eigenvalue weighted by Gasteiger charge is 2.21. The minimum atomic E-state index is -0.532. The van der Waals surface area contributed by atoms with Gasteiger partial charge < -0.3 is 15.2 Å². The molecule has 0 saturated carbocycles. The van der Waals surface area contributed by atoms with E-state index in [9.17, 15) is 9.59 Å². The van der Waals surface area contributed by atoms with Crippen LogP contribution in [0.4, 0.5) is 11.5 Å². The number of anilines is 2. The Labute approximate surface area is 173 Å². The molecule has 0 aliphatic rings. The summed E-state index contributed by atoms with van der Waals surface area (Å²) in [6, 6.07) is 9.49. The zero-order chi connectivity index (χ0) is 21.0. The molecule has 3 rings (SSSR count). The molecule has 0 spiro atoms. The lowest BCUT2D eigenvalue weighted by atomic mass is 10.2. The van der Waals surface area contributed by atoms with Gasteiger partial charge in [-0.1, -0.05) is 55.3 Å². The normalized spacial score (nSPS) is 11.0. The van der Waals surface area contributed by atoms with E-state index < -0.39 is 11.2 Å². The molecule has 0 aliphatic heterocycles. The lowest BCUT2D eigenvalue weighted by Crippen LogP contribution is -2.39. The van der Waals surface area contributed by atoms with Crippen molar-refractivity contribution in [1.29, 1.82) is 0 Å². The van der Waals surface area contributed by atoms with Gasteiger partial charge in [0.05, 0.1) is 19.3 Å². The Morgan fingerprint density at radius 2 is 1.97 bits per heavy atom. The first-order valence-corrected chi connectivity index (χ1v) is 9.87. The Hall–Kier alpha value is -3.00. The maximum Gasteiger partial charge on any atom is 0.330 e. The summed E-state index contributed by atoms with van der Waals surface area (Å²) in [5.41, 5.74) is 6.50. The van der Waals surface area contributed by atoms with Crippen LogP contribution < -0.4 is 21.9 Å². The van der Waals surface area contributed by atoms with Crippen molar-refractivity contribution >= 4 is 23.1 Å². The monoisotopic (exact) mass is 416 g/mol. The molecule has 3 aromatic rings. The largest absolute Gasteiger partial charge is 0.383 e. The van der Waals surface area contributed by atoms with E-state index in [0.29, 0.717) is 24.1 Å². The van der Waals surface area contributed by atoms with E-state index in [4.69, 9.17) is 17.3 Å². The van der Waals surface area contributed by atoms with E-state index in [1.807, 2.05) is 42.3 Å². The second-order valence-electron chi connectivity index (χ2n) is 6.90. The van der Waals surface area contributed by atoms with Crippen molar-refractivity contribution in [2.24, 2.45) is 7.05 Å². The smallest absolute Gasteiger partial charge is 0.330 e. The maximum atomic E-state index is 12.7. The molecule has 9 heteroatoms. The molecule has 2 aromatic heterocycles. The van der Waals surface area contributed by atoms with Crippen LogP contribution in [0, 0.1) is 0 Å². The van der Waals surface area contributed by atoms with Gasteiger partial charge in [0, 0.05) is 13.6 Å². The van der Waals surface area contributed by atoms with Gasteiger partial charge in [0.1, 0.15) is 22.5 Å². The Balaban J connectivity index is 2.04. The molecule has 2 heterocycles. The standard InChI is InChI=1S/C20H25ClN6O2/c1-3-4-10-26(13-16-23-11-15(21)25(16)2)17-18(22)27(20(29)24-19(17)28)12-14-8-6-5-7-9-14/h5-9,11H,3-4,10,12-13,22H2,1-2H3,(H,24,28,29). The zero-order valence-electron chi connectivity index (χ0n) is 16.6. The molecule has 0 aliphatic carbocycles. The highest BCUT2D eigenvalue weighted by atomic mass is 35.5. The van der Waals surface area contributed by atoms with Gasteiger partial charge in [-0.25, -0.2) is 9.78 Å². The molecular weight excluding hydrogens is 392 g/mol. The summed E-state index contributed by atoms with van der Waals surface area (Å²) in [6.07, 6.45) is 3.37. The molecule has 29 heavy (non-hydrogen) atoms. The number of rotatable bonds is 8. The van der Waals surface area contributed by atoms with E-state index in [-0.39, 0.29) is 18.1 Å². The van der Waals surface area contributed by atoms with E-state index >= 15 is 0 Å². The van der Waals surface area contributed by atoms with E-state index in [1.165, 1.54) is 4.57 Å². The number of imidazole rings is 1. The van der Waals surface area contributed by atoms with Crippen molar-refractivity contribution in [2.45, 2.75) is 32.9 Å². The van der Waals surface area contributed by atoms with Crippen molar-refractivity contribution in [3.05, 3.63) is 73.9 Å². The SMILES string of the molecule is CCCCN(Cc1ncc(Cl)n1C)c1c(N)n(Cc2ccccc2)c(=O)[nH]c1=O. The van der Waals surface area contributed by atoms with Crippen LogP contribution in [0.25, 0.3) is 0 Å². The summed E-state index contributed by atoms with van der Waals surface area (Å²) >= 11 is 6.11. The van der Waals surface area contributed by atoms with Crippen molar-refractivity contribution in [3.8, 4) is 0 Å². The number of unbranched alkanes of at least 4 members (excludes halogenated alkanes) is 1. The quantitative estimate of drug-likeness (QED) is 0.586. The Bertz CT molecular complexity index is 1090. The molecule has 3 N–H and O–H groups in total. The van der Waals surface area contributed by atoms with Crippen LogP contribution in [-0.4, -0.2) is 25.6 Å². The highest BCUT2D eigenvalue weighted by molar-refractivity contribution is 6.29. The lowest BCUT2D eigenvalue weighted by Gasteiger charge is -2.26. The first-order chi connectivity index (χ1) is 13.9. The van der Waals surface area contributed by atoms with Gasteiger partial charge in [-0.3, -0.25) is 14.3 Å². The van der Waals surface area contributed by atoms with Gasteiger partial charge in [-0.05, 0) is 12.0 Å². The Kier molecular flexibility index (Phi) is 6.43. The number of hydrogen-bond donors (Lipinski definition) is 2. The average molecular weight is 417 g/mol. The van der Waals surface area contributed by atoms with Crippen molar-refractivity contribution in [3.63, 3.8) is 0 Å². The molecule has 0 unspecified atom stereocenters. The summed E-state index contributed by atoms with van der Waals surface area (Å²) in [6.45, 7) is 3.28. The van der Waals surface area contributed by atoms with Gasteiger partial charge in [0.15, 0.2) is 0 Å². The zero-order valence-corrected chi connectivity index (χ0v) is 17.3. The van der Waals surface area contributed by atoms with Gasteiger partial charge in [-0.15, -0.1) is 0 Å². The first kappa shape index (κ1) is 20.7. The number of nitrogen functional groups attached to an aromatic ring is 1. The highest BCUT2D eigenvalue weighted by Crippen LogP contribution is 2.21. The molecular formula is C20H25ClN6O2. The molecule has 0 amide bonds. The molecule has 8 nitrogen and oxygen atoms in total. The van der Waals surface area contributed by atoms with Crippen molar-refractivity contribution in [2.75, 3.05) is 17.2 Å². The van der Waals surface area contributed by atoms with Gasteiger partial charge in [-0.2, -0.15) is 0 Å². The first-order valence-electron chi connectivity index (χ1n) is 9.50. The summed E-state index contributed by atoms with van der Waals surface area (Å²) in [5.74, 6) is 0.838. The third-order valence-corrected chi connectivity index (χ3v) is 5.21. The van der Waals surface area contributed by atoms with Crippen LogP contribution in [-0.2, 0) is 20.1 Å². The summed E-state index contributed by atoms with van der Waals surface area (Å²) in [4.78, 5) is 33.7. The van der Waals surface area contributed by atoms with Crippen molar-refractivity contribution in [1.82, 2.24) is 19.1 Å². The molecule has 0 bridgehead atoms. The minimum Gasteiger partial charge on any atom is -0.383 e. The van der Waals surface area contributed by atoms with Gasteiger partial charge >= 0.3 is 5.69 Å². The summed E-state index contributed by atoms with van der Waals surface area (Å²) in [7, 11) is 1.81. The number of hydrogen-bond acceptors (Lipinski definition) is 5. The van der Waals surface area contributed by atoms with Gasteiger partial charge in [0.25, 0.3) is 5.56 Å². The minimum absolute atomic E-state index is 0.138. The second-order valence-corrected chi connectivity index (χ2v) is 7.28. The predicted molar refractivity (Wildman–Crippen MR) is 115 cm³/mol. The third kappa shape index (κ3) is 4.54. The molecule has 0 radical (unpaired) electrons. The van der Waals surface area contributed by atoms with E-state index in [2.05, 4.69) is 16.9 Å². The topological polar surface area (TPSA) is 102 Å². The van der Waals surface area contributed by atoms with Crippen LogP contribution in [0.2, 0.25) is 5.15 Å². The molecule has 1 aromatic carbocycles. The second kappa shape index (κ2) is 9.00. The van der Waals surface area contributed by atoms with Crippen LogP contribution >= 0.6 is 11.6 Å². The lowest BCUT2D eigenvalue weighted by molar-refractivity contribution is 0.662. The average Bonchev–Trinajstić information content (AvgIpc) is 3.02. The molecule has 0 fully saturated rings.